The molecular formula is C22H25F3N4O2. The number of nitrogens with zero attached hydrogens (tertiary/aromatic N) is 3. The number of benzene rings is 1. The Bertz CT molecular complexity index is 939. The van der Waals surface area contributed by atoms with Crippen LogP contribution in [0.25, 0.3) is 11.3 Å². The Labute approximate surface area is 178 Å². The zero-order chi connectivity index (χ0) is 21.5. The van der Waals surface area contributed by atoms with Gasteiger partial charge in [0.1, 0.15) is 5.82 Å². The molecular weight excluding hydrogens is 409 g/mol. The van der Waals surface area contributed by atoms with Gasteiger partial charge in [-0.2, -0.15) is 0 Å². The maximum absolute atomic E-state index is 14.1. The Morgan fingerprint density at radius 1 is 1.10 bits per heavy atom. The molecule has 0 spiro atoms. The minimum atomic E-state index is -1.25. The van der Waals surface area contributed by atoms with Gasteiger partial charge in [-0.05, 0) is 49.3 Å². The summed E-state index contributed by atoms with van der Waals surface area (Å²) >= 11 is 0. The molecule has 0 unspecified atom stereocenters. The first-order valence-electron chi connectivity index (χ1n) is 10.7. The summed E-state index contributed by atoms with van der Waals surface area (Å²) in [5.74, 6) is -1.68. The molecule has 2 N–H and O–H groups in total. The summed E-state index contributed by atoms with van der Waals surface area (Å²) < 4.78 is 52.7. The van der Waals surface area contributed by atoms with Crippen LogP contribution in [0.5, 0.6) is 0 Å². The minimum absolute atomic E-state index is 0.0217. The van der Waals surface area contributed by atoms with Gasteiger partial charge in [-0.3, -0.25) is 0 Å². The van der Waals surface area contributed by atoms with Crippen molar-refractivity contribution in [3.8, 4) is 11.3 Å². The van der Waals surface area contributed by atoms with Gasteiger partial charge in [0.05, 0.1) is 31.6 Å². The lowest BCUT2D eigenvalue weighted by molar-refractivity contribution is -0.0936. The van der Waals surface area contributed by atoms with Gasteiger partial charge in [0, 0.05) is 30.3 Å². The Kier molecular flexibility index (Phi) is 5.58. The number of anilines is 1. The van der Waals surface area contributed by atoms with E-state index < -0.39 is 17.5 Å². The summed E-state index contributed by atoms with van der Waals surface area (Å²) in [6.07, 6.45) is 2.76. The van der Waals surface area contributed by atoms with Gasteiger partial charge >= 0.3 is 0 Å². The van der Waals surface area contributed by atoms with Crippen molar-refractivity contribution in [1.82, 2.24) is 10.2 Å². The highest BCUT2D eigenvalue weighted by Crippen LogP contribution is 2.45. The molecule has 31 heavy (non-hydrogen) atoms. The van der Waals surface area contributed by atoms with Crippen LogP contribution in [0.4, 0.5) is 19.0 Å². The maximum Gasteiger partial charge on any atom is 0.168 e. The van der Waals surface area contributed by atoms with E-state index in [1.807, 2.05) is 0 Å². The van der Waals surface area contributed by atoms with Gasteiger partial charge in [0.15, 0.2) is 17.5 Å². The van der Waals surface area contributed by atoms with Crippen molar-refractivity contribution in [3.05, 3.63) is 41.7 Å². The molecule has 0 amide bonds. The number of halogens is 3. The molecule has 0 radical (unpaired) electrons. The largest absolute Gasteiger partial charge is 0.376 e. The molecule has 1 aromatic heterocycles. The van der Waals surface area contributed by atoms with Crippen molar-refractivity contribution in [2.45, 2.75) is 37.5 Å². The van der Waals surface area contributed by atoms with E-state index in [0.717, 1.165) is 31.9 Å². The molecule has 1 aliphatic carbocycles. The number of hydrogen-bond donors (Lipinski definition) is 1. The van der Waals surface area contributed by atoms with Gasteiger partial charge in [-0.25, -0.2) is 13.2 Å². The molecule has 3 aliphatic rings. The predicted octanol–water partition coefficient (Wildman–Crippen LogP) is 2.91. The Balaban J connectivity index is 1.40. The lowest BCUT2D eigenvalue weighted by atomic mass is 9.90. The van der Waals surface area contributed by atoms with E-state index in [9.17, 15) is 13.2 Å². The number of ether oxygens (including phenoxy) is 2. The van der Waals surface area contributed by atoms with Gasteiger partial charge in [0.25, 0.3) is 0 Å². The molecule has 9 heteroatoms. The van der Waals surface area contributed by atoms with Crippen LogP contribution >= 0.6 is 0 Å². The van der Waals surface area contributed by atoms with Gasteiger partial charge in [0.2, 0.25) is 0 Å². The van der Waals surface area contributed by atoms with Crippen molar-refractivity contribution in [2.24, 2.45) is 17.6 Å². The van der Waals surface area contributed by atoms with Gasteiger partial charge in [-0.1, -0.05) is 0 Å². The molecule has 2 aromatic rings. The fourth-order valence-corrected chi connectivity index (χ4v) is 5.37. The zero-order valence-electron chi connectivity index (χ0n) is 17.0. The van der Waals surface area contributed by atoms with Crippen molar-refractivity contribution < 1.29 is 22.6 Å². The highest BCUT2D eigenvalue weighted by Gasteiger charge is 2.47. The average Bonchev–Trinajstić information content (AvgIpc) is 3.28. The summed E-state index contributed by atoms with van der Waals surface area (Å²) in [6, 6.07) is 5.12. The monoisotopic (exact) mass is 434 g/mol. The second-order valence-electron chi connectivity index (χ2n) is 8.70. The second kappa shape index (κ2) is 8.37. The zero-order valence-corrected chi connectivity index (χ0v) is 17.0. The van der Waals surface area contributed by atoms with E-state index in [0.29, 0.717) is 43.5 Å². The molecule has 6 nitrogen and oxygen atoms in total. The van der Waals surface area contributed by atoms with E-state index in [-0.39, 0.29) is 29.4 Å². The smallest absolute Gasteiger partial charge is 0.168 e. The molecule has 5 rings (SSSR count). The van der Waals surface area contributed by atoms with Crippen molar-refractivity contribution in [3.63, 3.8) is 0 Å². The van der Waals surface area contributed by atoms with Crippen molar-refractivity contribution >= 4 is 5.82 Å². The van der Waals surface area contributed by atoms with E-state index in [2.05, 4.69) is 15.1 Å². The number of rotatable bonds is 4. The SMILES string of the molecule is N[C@H]1C[C@@H]2CN(c3ccc(-c4cc(F)cc(F)c4F)nn3)[C@@H](C[C@H]3COCCO3)[C@H]2C1. The van der Waals surface area contributed by atoms with Crippen LogP contribution < -0.4 is 10.6 Å². The number of fused-ring (bicyclic) bond motifs is 1. The van der Waals surface area contributed by atoms with Crippen LogP contribution in [-0.4, -0.2) is 54.8 Å². The molecule has 3 fully saturated rings. The highest BCUT2D eigenvalue weighted by molar-refractivity contribution is 5.61. The van der Waals surface area contributed by atoms with Crippen LogP contribution in [0.15, 0.2) is 24.3 Å². The molecule has 3 heterocycles. The first-order chi connectivity index (χ1) is 15.0. The Morgan fingerprint density at radius 2 is 1.97 bits per heavy atom. The van der Waals surface area contributed by atoms with Crippen molar-refractivity contribution in [2.75, 3.05) is 31.3 Å². The van der Waals surface area contributed by atoms with E-state index >= 15 is 0 Å². The third-order valence-electron chi connectivity index (χ3n) is 6.71. The Hall–Kier alpha value is -2.23. The molecule has 2 saturated heterocycles. The second-order valence-corrected chi connectivity index (χ2v) is 8.70. The van der Waals surface area contributed by atoms with Gasteiger partial charge < -0.3 is 20.1 Å². The van der Waals surface area contributed by atoms with E-state index in [1.54, 1.807) is 12.1 Å². The normalized spacial score (nSPS) is 30.6. The Morgan fingerprint density at radius 3 is 2.71 bits per heavy atom. The minimum Gasteiger partial charge on any atom is -0.376 e. The lowest BCUT2D eigenvalue weighted by Crippen LogP contribution is -2.41. The molecule has 2 aliphatic heterocycles. The van der Waals surface area contributed by atoms with Crippen LogP contribution in [0.3, 0.4) is 0 Å². The van der Waals surface area contributed by atoms with Crippen LogP contribution in [0.2, 0.25) is 0 Å². The molecule has 0 bridgehead atoms. The van der Waals surface area contributed by atoms with Crippen LogP contribution in [0.1, 0.15) is 19.3 Å². The van der Waals surface area contributed by atoms with Crippen LogP contribution in [0, 0.1) is 29.3 Å². The quantitative estimate of drug-likeness (QED) is 0.746. The average molecular weight is 434 g/mol. The summed E-state index contributed by atoms with van der Waals surface area (Å²) in [6.45, 7) is 2.59. The number of hydrogen-bond acceptors (Lipinski definition) is 6. The summed E-state index contributed by atoms with van der Waals surface area (Å²) in [4.78, 5) is 2.22. The fourth-order valence-electron chi connectivity index (χ4n) is 5.37. The molecule has 166 valence electrons. The van der Waals surface area contributed by atoms with Crippen molar-refractivity contribution in [1.29, 1.82) is 0 Å². The number of aromatic nitrogens is 2. The van der Waals surface area contributed by atoms with Gasteiger partial charge in [-0.15, -0.1) is 10.2 Å². The highest BCUT2D eigenvalue weighted by atomic mass is 19.2. The fraction of sp³-hybridized carbons (Fsp3) is 0.545. The predicted molar refractivity (Wildman–Crippen MR) is 108 cm³/mol. The third kappa shape index (κ3) is 4.02. The summed E-state index contributed by atoms with van der Waals surface area (Å²) in [5.41, 5.74) is 6.07. The standard InChI is InChI=1S/C22H25F3N4O2/c23-13-6-17(22(25)18(24)7-13)19-1-2-21(28-27-19)29-10-12-5-14(26)8-16(12)20(29)9-15-11-30-3-4-31-15/h1-2,6-7,12,14-16,20H,3-5,8-11,26H2/t12-,14+,15+,16+,20+/m1/s1. The van der Waals surface area contributed by atoms with E-state index in [4.69, 9.17) is 15.2 Å². The topological polar surface area (TPSA) is 73.5 Å². The number of nitrogens with two attached hydrogens (primary N) is 1. The molecule has 1 saturated carbocycles. The summed E-state index contributed by atoms with van der Waals surface area (Å²) in [5, 5.41) is 8.37. The van der Waals surface area contributed by atoms with Crippen LogP contribution in [-0.2, 0) is 9.47 Å². The molecule has 5 atom stereocenters. The van der Waals surface area contributed by atoms with E-state index in [1.165, 1.54) is 0 Å². The maximum atomic E-state index is 14.1. The summed E-state index contributed by atoms with van der Waals surface area (Å²) in [7, 11) is 0. The first-order valence-corrected chi connectivity index (χ1v) is 10.7. The molecule has 1 aromatic carbocycles. The first kappa shape index (κ1) is 20.7. The third-order valence-corrected chi connectivity index (χ3v) is 6.71. The lowest BCUT2D eigenvalue weighted by Gasteiger charge is -2.33.